The first-order valence-corrected chi connectivity index (χ1v) is 8.45. The fourth-order valence-corrected chi connectivity index (χ4v) is 3.18. The summed E-state index contributed by atoms with van der Waals surface area (Å²) in [6.07, 6.45) is 7.22. The van der Waals surface area contributed by atoms with E-state index >= 15 is 0 Å². The summed E-state index contributed by atoms with van der Waals surface area (Å²) < 4.78 is 0. The second-order valence-electron chi connectivity index (χ2n) is 7.04. The van der Waals surface area contributed by atoms with Crippen LogP contribution in [0.5, 0.6) is 0 Å². The van der Waals surface area contributed by atoms with E-state index in [1.165, 1.54) is 31.2 Å². The van der Waals surface area contributed by atoms with Gasteiger partial charge in [0.05, 0.1) is 0 Å². The van der Waals surface area contributed by atoms with E-state index in [1.54, 1.807) is 0 Å². The van der Waals surface area contributed by atoms with Crippen LogP contribution in [0, 0.1) is 11.8 Å². The van der Waals surface area contributed by atoms with Crippen LogP contribution in [-0.2, 0) is 6.54 Å². The van der Waals surface area contributed by atoms with E-state index < -0.39 is 0 Å². The number of nitrogens with one attached hydrogen (secondary N) is 1. The molecule has 1 aromatic heterocycles. The molecule has 118 valence electrons. The minimum atomic E-state index is 0.653. The third-order valence-corrected chi connectivity index (χ3v) is 4.60. The van der Waals surface area contributed by atoms with Gasteiger partial charge in [-0.15, -0.1) is 0 Å². The quantitative estimate of drug-likeness (QED) is 0.862. The fourth-order valence-electron chi connectivity index (χ4n) is 3.18. The van der Waals surface area contributed by atoms with Crippen molar-refractivity contribution < 1.29 is 0 Å². The van der Waals surface area contributed by atoms with Gasteiger partial charge in [0.2, 0.25) is 0 Å². The van der Waals surface area contributed by atoms with Gasteiger partial charge in [-0.3, -0.25) is 0 Å². The zero-order valence-electron chi connectivity index (χ0n) is 14.1. The molecule has 1 heterocycles. The highest BCUT2D eigenvalue weighted by atomic mass is 15.2. The number of rotatable bonds is 6. The van der Waals surface area contributed by atoms with Crippen LogP contribution < -0.4 is 10.2 Å². The summed E-state index contributed by atoms with van der Waals surface area (Å²) in [5, 5.41) is 3.54. The number of anilines is 1. The molecule has 0 aromatic carbocycles. The van der Waals surface area contributed by atoms with E-state index in [9.17, 15) is 0 Å². The van der Waals surface area contributed by atoms with Crippen LogP contribution in [0.3, 0.4) is 0 Å². The Balaban J connectivity index is 2.01. The second kappa shape index (κ2) is 7.79. The van der Waals surface area contributed by atoms with Gasteiger partial charge < -0.3 is 10.2 Å². The van der Waals surface area contributed by atoms with E-state index in [0.717, 1.165) is 24.8 Å². The molecule has 0 spiro atoms. The van der Waals surface area contributed by atoms with Crippen LogP contribution in [0.1, 0.15) is 52.0 Å². The van der Waals surface area contributed by atoms with Gasteiger partial charge in [-0.1, -0.05) is 26.8 Å². The first-order chi connectivity index (χ1) is 10.1. The Morgan fingerprint density at radius 2 is 2.00 bits per heavy atom. The molecule has 1 aromatic rings. The molecule has 1 fully saturated rings. The Morgan fingerprint density at radius 3 is 2.67 bits per heavy atom. The molecule has 1 saturated carbocycles. The second-order valence-corrected chi connectivity index (χ2v) is 7.04. The third-order valence-electron chi connectivity index (χ3n) is 4.60. The molecule has 0 saturated heterocycles. The summed E-state index contributed by atoms with van der Waals surface area (Å²) in [4.78, 5) is 7.07. The van der Waals surface area contributed by atoms with Crippen LogP contribution in [0.4, 0.5) is 5.82 Å². The van der Waals surface area contributed by atoms with Gasteiger partial charge >= 0.3 is 0 Å². The Kier molecular flexibility index (Phi) is 6.04. The van der Waals surface area contributed by atoms with Gasteiger partial charge in [0.25, 0.3) is 0 Å². The highest BCUT2D eigenvalue weighted by Gasteiger charge is 2.23. The maximum absolute atomic E-state index is 4.66. The highest BCUT2D eigenvalue weighted by Crippen LogP contribution is 2.29. The molecule has 0 amide bonds. The standard InChI is InChI=1S/C18H31N3/c1-14(2)12-19-13-16-6-5-11-20-18(16)21(4)17-9-7-15(3)8-10-17/h5-6,11,14-15,17,19H,7-10,12-13H2,1-4H3. The van der Waals surface area contributed by atoms with Gasteiger partial charge in [0, 0.05) is 31.4 Å². The lowest BCUT2D eigenvalue weighted by atomic mass is 9.86. The SMILES string of the molecule is CC(C)CNCc1cccnc1N(C)C1CCC(C)CC1. The molecule has 0 bridgehead atoms. The lowest BCUT2D eigenvalue weighted by Crippen LogP contribution is -2.36. The smallest absolute Gasteiger partial charge is 0.132 e. The van der Waals surface area contributed by atoms with Crippen LogP contribution in [-0.4, -0.2) is 24.6 Å². The zero-order valence-corrected chi connectivity index (χ0v) is 14.1. The van der Waals surface area contributed by atoms with Crippen LogP contribution in [0.15, 0.2) is 18.3 Å². The van der Waals surface area contributed by atoms with E-state index in [0.29, 0.717) is 12.0 Å². The van der Waals surface area contributed by atoms with E-state index in [2.05, 4.69) is 49.1 Å². The van der Waals surface area contributed by atoms with Crippen molar-refractivity contribution in [2.75, 3.05) is 18.5 Å². The summed E-state index contributed by atoms with van der Waals surface area (Å²) in [5.74, 6) is 2.74. The normalized spacial score (nSPS) is 22.5. The van der Waals surface area contributed by atoms with Crippen LogP contribution in [0.25, 0.3) is 0 Å². The monoisotopic (exact) mass is 289 g/mol. The van der Waals surface area contributed by atoms with Crippen molar-refractivity contribution in [1.82, 2.24) is 10.3 Å². The first-order valence-electron chi connectivity index (χ1n) is 8.45. The molecule has 1 N–H and O–H groups in total. The molecular weight excluding hydrogens is 258 g/mol. The number of aromatic nitrogens is 1. The maximum atomic E-state index is 4.66. The number of nitrogens with zero attached hydrogens (tertiary/aromatic N) is 2. The Bertz CT molecular complexity index is 422. The summed E-state index contributed by atoms with van der Waals surface area (Å²) in [6.45, 7) is 8.82. The van der Waals surface area contributed by atoms with Gasteiger partial charge in [-0.2, -0.15) is 0 Å². The average Bonchev–Trinajstić information content (AvgIpc) is 2.47. The lowest BCUT2D eigenvalue weighted by Gasteiger charge is -2.35. The van der Waals surface area contributed by atoms with Crippen molar-refractivity contribution in [2.45, 2.75) is 59.0 Å². The molecule has 0 atom stereocenters. The molecule has 1 aliphatic carbocycles. The minimum absolute atomic E-state index is 0.653. The fraction of sp³-hybridized carbons (Fsp3) is 0.722. The topological polar surface area (TPSA) is 28.2 Å². The number of hydrogen-bond acceptors (Lipinski definition) is 3. The Hall–Kier alpha value is -1.09. The lowest BCUT2D eigenvalue weighted by molar-refractivity contribution is 0.339. The van der Waals surface area contributed by atoms with Crippen LogP contribution in [0.2, 0.25) is 0 Å². The highest BCUT2D eigenvalue weighted by molar-refractivity contribution is 5.47. The zero-order chi connectivity index (χ0) is 15.2. The first kappa shape index (κ1) is 16.3. The third kappa shape index (κ3) is 4.70. The maximum Gasteiger partial charge on any atom is 0.132 e. The minimum Gasteiger partial charge on any atom is -0.356 e. The molecule has 21 heavy (non-hydrogen) atoms. The molecule has 0 unspecified atom stereocenters. The Labute approximate surface area is 130 Å². The van der Waals surface area contributed by atoms with Gasteiger partial charge in [0.1, 0.15) is 5.82 Å². The number of pyridine rings is 1. The van der Waals surface area contributed by atoms with E-state index in [1.807, 2.05) is 12.3 Å². The van der Waals surface area contributed by atoms with E-state index in [-0.39, 0.29) is 0 Å². The van der Waals surface area contributed by atoms with Crippen molar-refractivity contribution in [3.05, 3.63) is 23.9 Å². The van der Waals surface area contributed by atoms with Gasteiger partial charge in [0.15, 0.2) is 0 Å². The molecule has 2 rings (SSSR count). The molecule has 3 heteroatoms. The predicted molar refractivity (Wildman–Crippen MR) is 90.6 cm³/mol. The van der Waals surface area contributed by atoms with Crippen LogP contribution >= 0.6 is 0 Å². The summed E-state index contributed by atoms with van der Waals surface area (Å²) in [7, 11) is 2.22. The summed E-state index contributed by atoms with van der Waals surface area (Å²) in [6, 6.07) is 4.91. The average molecular weight is 289 g/mol. The molecule has 0 aliphatic heterocycles. The van der Waals surface area contributed by atoms with Crippen molar-refractivity contribution in [2.24, 2.45) is 11.8 Å². The summed E-state index contributed by atoms with van der Waals surface area (Å²) >= 11 is 0. The van der Waals surface area contributed by atoms with Gasteiger partial charge in [-0.05, 0) is 50.1 Å². The van der Waals surface area contributed by atoms with Crippen molar-refractivity contribution >= 4 is 5.82 Å². The van der Waals surface area contributed by atoms with Crippen molar-refractivity contribution in [1.29, 1.82) is 0 Å². The predicted octanol–water partition coefficient (Wildman–Crippen LogP) is 3.84. The number of hydrogen-bond donors (Lipinski definition) is 1. The Morgan fingerprint density at radius 1 is 1.29 bits per heavy atom. The molecule has 3 nitrogen and oxygen atoms in total. The van der Waals surface area contributed by atoms with Gasteiger partial charge in [-0.25, -0.2) is 4.98 Å². The molecule has 0 radical (unpaired) electrons. The van der Waals surface area contributed by atoms with E-state index in [4.69, 9.17) is 0 Å². The van der Waals surface area contributed by atoms with Crippen molar-refractivity contribution in [3.8, 4) is 0 Å². The molecule has 1 aliphatic rings. The molecular formula is C18H31N3. The summed E-state index contributed by atoms with van der Waals surface area (Å²) in [5.41, 5.74) is 1.32. The van der Waals surface area contributed by atoms with Crippen molar-refractivity contribution in [3.63, 3.8) is 0 Å². The largest absolute Gasteiger partial charge is 0.356 e.